The minimum Gasteiger partial charge on any atom is -0.380 e. The van der Waals surface area contributed by atoms with Crippen molar-refractivity contribution in [2.45, 2.75) is 83.0 Å². The lowest BCUT2D eigenvalue weighted by molar-refractivity contribution is 0.118. The fraction of sp³-hybridized carbons (Fsp3) is 0.708. The maximum absolute atomic E-state index is 5.65. The van der Waals surface area contributed by atoms with Crippen LogP contribution < -0.4 is 0 Å². The van der Waals surface area contributed by atoms with Gasteiger partial charge in [-0.1, -0.05) is 33.9 Å². The molecule has 2 aromatic rings. The fourth-order valence-corrected chi connectivity index (χ4v) is 7.57. The van der Waals surface area contributed by atoms with Crippen LogP contribution in [0.25, 0.3) is 11.0 Å². The molecule has 2 aromatic heterocycles. The van der Waals surface area contributed by atoms with Gasteiger partial charge in [0.1, 0.15) is 5.65 Å². The molecule has 0 unspecified atom stereocenters. The van der Waals surface area contributed by atoms with Crippen molar-refractivity contribution in [3.05, 3.63) is 28.5 Å². The lowest BCUT2D eigenvalue weighted by Gasteiger charge is -2.38. The number of hydrogen-bond acceptors (Lipinski definition) is 3. The first kappa shape index (κ1) is 22.5. The van der Waals surface area contributed by atoms with E-state index in [1.54, 1.807) is 0 Å². The van der Waals surface area contributed by atoms with Gasteiger partial charge in [-0.05, 0) is 70.6 Å². The van der Waals surface area contributed by atoms with E-state index in [1.807, 2.05) is 0 Å². The van der Waals surface area contributed by atoms with E-state index in [0.717, 1.165) is 31.4 Å². The summed E-state index contributed by atoms with van der Waals surface area (Å²) in [6.07, 6.45) is 10.8. The Bertz CT molecular complexity index is 872. The zero-order valence-corrected chi connectivity index (χ0v) is 22.0. The summed E-state index contributed by atoms with van der Waals surface area (Å²) in [5.41, 5.74) is 2.57. The Kier molecular flexibility index (Phi) is 6.51. The molecule has 0 aromatic carbocycles. The third kappa shape index (κ3) is 4.30. The van der Waals surface area contributed by atoms with Gasteiger partial charge in [0.2, 0.25) is 0 Å². The normalized spacial score (nSPS) is 24.9. The summed E-state index contributed by atoms with van der Waals surface area (Å²) in [7, 11) is -1.71. The Morgan fingerprint density at radius 2 is 1.83 bits per heavy atom. The van der Waals surface area contributed by atoms with Gasteiger partial charge >= 0.3 is 0 Å². The molecule has 1 aliphatic heterocycles. The maximum Gasteiger partial charge on any atom is 0.163 e. The van der Waals surface area contributed by atoms with Crippen molar-refractivity contribution in [1.82, 2.24) is 14.1 Å². The van der Waals surface area contributed by atoms with Crippen LogP contribution in [0.5, 0.6) is 0 Å². The van der Waals surface area contributed by atoms with E-state index < -0.39 is 8.24 Å². The molecule has 2 fully saturated rings. The summed E-state index contributed by atoms with van der Waals surface area (Å²) in [6.45, 7) is 16.1. The van der Waals surface area contributed by atoms with Crippen LogP contribution in [0.15, 0.2) is 22.9 Å². The van der Waals surface area contributed by atoms with Gasteiger partial charge < -0.3 is 8.97 Å². The van der Waals surface area contributed by atoms with Gasteiger partial charge in [-0.15, -0.1) is 0 Å². The summed E-state index contributed by atoms with van der Waals surface area (Å²) in [6, 6.07) is 3.16. The van der Waals surface area contributed by atoms with E-state index in [-0.39, 0.29) is 5.04 Å². The second-order valence-electron chi connectivity index (χ2n) is 10.8. The summed E-state index contributed by atoms with van der Waals surface area (Å²) in [5.74, 6) is 0.643. The number of nitrogens with zero attached hydrogens (tertiary/aromatic N) is 3. The van der Waals surface area contributed by atoms with Gasteiger partial charge in [0.15, 0.2) is 8.24 Å². The summed E-state index contributed by atoms with van der Waals surface area (Å²) in [5, 5.41) is 1.55. The van der Waals surface area contributed by atoms with Crippen molar-refractivity contribution in [1.29, 1.82) is 0 Å². The van der Waals surface area contributed by atoms with E-state index in [2.05, 4.69) is 77.4 Å². The molecule has 6 heteroatoms. The molecule has 30 heavy (non-hydrogen) atoms. The zero-order chi connectivity index (χ0) is 21.5. The SMILES string of the molecule is CC(C)(C)[Si](C)(C)n1cc(Br)c2cc([C@H]3CC[C@H](N4CCCOCC4)CC3)cnc21. The van der Waals surface area contributed by atoms with Gasteiger partial charge in [0.05, 0.1) is 6.61 Å². The smallest absolute Gasteiger partial charge is 0.163 e. The molecular weight excluding hydrogens is 454 g/mol. The third-order valence-corrected chi connectivity index (χ3v) is 13.8. The Hall–Kier alpha value is -0.693. The van der Waals surface area contributed by atoms with Crippen molar-refractivity contribution < 1.29 is 4.74 Å². The molecule has 0 spiro atoms. The van der Waals surface area contributed by atoms with E-state index >= 15 is 0 Å². The lowest BCUT2D eigenvalue weighted by Crippen LogP contribution is -2.45. The van der Waals surface area contributed by atoms with Crippen molar-refractivity contribution in [2.75, 3.05) is 26.3 Å². The predicted octanol–water partition coefficient (Wildman–Crippen LogP) is 6.40. The molecule has 1 saturated heterocycles. The standard InChI is InChI=1S/C24H38BrN3OSi/c1-24(2,3)30(4,5)28-17-22(25)21-15-19(16-26-23(21)28)18-7-9-20(10-8-18)27-11-6-13-29-14-12-27/h15-18,20H,6-14H2,1-5H3/t18-,20-. The van der Waals surface area contributed by atoms with Gasteiger partial charge in [-0.3, -0.25) is 4.90 Å². The minimum absolute atomic E-state index is 0.273. The molecule has 3 heterocycles. The van der Waals surface area contributed by atoms with Gasteiger partial charge in [-0.2, -0.15) is 0 Å². The van der Waals surface area contributed by atoms with Crippen LogP contribution in [-0.2, 0) is 4.74 Å². The first-order valence-corrected chi connectivity index (χ1v) is 15.4. The number of halogens is 1. The number of rotatable bonds is 3. The zero-order valence-electron chi connectivity index (χ0n) is 19.4. The second kappa shape index (κ2) is 8.68. The topological polar surface area (TPSA) is 30.3 Å². The minimum atomic E-state index is -1.71. The van der Waals surface area contributed by atoms with Crippen LogP contribution in [0.4, 0.5) is 0 Å². The number of ether oxygens (including phenoxy) is 1. The molecule has 0 amide bonds. The average molecular weight is 493 g/mol. The molecule has 4 rings (SSSR count). The largest absolute Gasteiger partial charge is 0.380 e. The molecule has 4 nitrogen and oxygen atoms in total. The molecule has 0 atom stereocenters. The highest BCUT2D eigenvalue weighted by atomic mass is 79.9. The highest BCUT2D eigenvalue weighted by Gasteiger charge is 2.39. The van der Waals surface area contributed by atoms with Crippen LogP contribution in [0.1, 0.15) is 64.4 Å². The first-order valence-electron chi connectivity index (χ1n) is 11.7. The number of hydrogen-bond donors (Lipinski definition) is 0. The van der Waals surface area contributed by atoms with Crippen LogP contribution in [-0.4, -0.2) is 54.7 Å². The third-order valence-electron chi connectivity index (χ3n) is 7.99. The summed E-state index contributed by atoms with van der Waals surface area (Å²) < 4.78 is 9.34. The van der Waals surface area contributed by atoms with E-state index in [4.69, 9.17) is 9.72 Å². The van der Waals surface area contributed by atoms with Gasteiger partial charge in [0, 0.05) is 48.0 Å². The summed E-state index contributed by atoms with van der Waals surface area (Å²) >= 11 is 3.85. The highest BCUT2D eigenvalue weighted by Crippen LogP contribution is 2.41. The molecule has 0 N–H and O–H groups in total. The lowest BCUT2D eigenvalue weighted by atomic mass is 9.81. The maximum atomic E-state index is 5.65. The molecule has 2 aliphatic rings. The van der Waals surface area contributed by atoms with E-state index in [9.17, 15) is 0 Å². The summed E-state index contributed by atoms with van der Waals surface area (Å²) in [4.78, 5) is 7.70. The molecule has 0 radical (unpaired) electrons. The van der Waals surface area contributed by atoms with E-state index in [1.165, 1.54) is 54.1 Å². The first-order chi connectivity index (χ1) is 14.2. The molecule has 166 valence electrons. The number of pyridine rings is 1. The Morgan fingerprint density at radius 3 is 2.53 bits per heavy atom. The van der Waals surface area contributed by atoms with Crippen molar-refractivity contribution >= 4 is 35.2 Å². The van der Waals surface area contributed by atoms with Crippen molar-refractivity contribution in [3.63, 3.8) is 0 Å². The van der Waals surface area contributed by atoms with Gasteiger partial charge in [0.25, 0.3) is 0 Å². The van der Waals surface area contributed by atoms with Crippen molar-refractivity contribution in [2.24, 2.45) is 0 Å². The van der Waals surface area contributed by atoms with Crippen LogP contribution in [0, 0.1) is 0 Å². The Balaban J connectivity index is 1.52. The second-order valence-corrected chi connectivity index (χ2v) is 16.8. The van der Waals surface area contributed by atoms with Crippen molar-refractivity contribution in [3.8, 4) is 0 Å². The Morgan fingerprint density at radius 1 is 1.10 bits per heavy atom. The number of fused-ring (bicyclic) bond motifs is 1. The fourth-order valence-electron chi connectivity index (χ4n) is 5.00. The predicted molar refractivity (Wildman–Crippen MR) is 132 cm³/mol. The van der Waals surface area contributed by atoms with Crippen LogP contribution in [0.2, 0.25) is 18.1 Å². The van der Waals surface area contributed by atoms with Gasteiger partial charge in [-0.25, -0.2) is 4.98 Å². The van der Waals surface area contributed by atoms with Crippen LogP contribution in [0.3, 0.4) is 0 Å². The highest BCUT2D eigenvalue weighted by molar-refractivity contribution is 9.10. The molecule has 0 bridgehead atoms. The average Bonchev–Trinajstić information content (AvgIpc) is 2.88. The molecule has 1 saturated carbocycles. The number of aromatic nitrogens is 2. The molecule has 1 aliphatic carbocycles. The van der Waals surface area contributed by atoms with E-state index in [0.29, 0.717) is 5.92 Å². The van der Waals surface area contributed by atoms with Crippen LogP contribution >= 0.6 is 15.9 Å². The monoisotopic (exact) mass is 491 g/mol. The quantitative estimate of drug-likeness (QED) is 0.465. The molecular formula is C24H38BrN3OSi. The Labute approximate surface area is 191 Å².